The molecule has 1 heterocycles. The first kappa shape index (κ1) is 14.9. The normalized spacial score (nSPS) is 11.5. The highest BCUT2D eigenvalue weighted by Crippen LogP contribution is 2.19. The van der Waals surface area contributed by atoms with Crippen molar-refractivity contribution in [3.63, 3.8) is 0 Å². The zero-order valence-electron chi connectivity index (χ0n) is 11.4. The van der Waals surface area contributed by atoms with E-state index < -0.39 is 9.84 Å². The number of aryl methyl sites for hydroxylation is 1. The molecule has 1 aromatic heterocycles. The van der Waals surface area contributed by atoms with Gasteiger partial charge in [0, 0.05) is 28.0 Å². The lowest BCUT2D eigenvalue weighted by atomic mass is 10.1. The first-order chi connectivity index (χ1) is 9.40. The van der Waals surface area contributed by atoms with E-state index >= 15 is 0 Å². The van der Waals surface area contributed by atoms with Gasteiger partial charge in [-0.1, -0.05) is 19.1 Å². The van der Waals surface area contributed by atoms with E-state index in [1.165, 1.54) is 17.0 Å². The van der Waals surface area contributed by atoms with Crippen molar-refractivity contribution in [2.24, 2.45) is 0 Å². The van der Waals surface area contributed by atoms with Crippen molar-refractivity contribution in [2.75, 3.05) is 6.26 Å². The molecule has 0 saturated carbocycles. The highest BCUT2D eigenvalue weighted by molar-refractivity contribution is 7.90. The van der Waals surface area contributed by atoms with E-state index in [9.17, 15) is 13.2 Å². The van der Waals surface area contributed by atoms with Crippen molar-refractivity contribution < 1.29 is 13.2 Å². The number of carbonyl (C=O) groups is 1. The number of benzene rings is 1. The van der Waals surface area contributed by atoms with Gasteiger partial charge in [-0.15, -0.1) is 11.3 Å². The number of hydrogen-bond acceptors (Lipinski definition) is 4. The third kappa shape index (κ3) is 3.55. The summed E-state index contributed by atoms with van der Waals surface area (Å²) in [5.41, 5.74) is 0.545. The lowest BCUT2D eigenvalue weighted by molar-refractivity contribution is 0.0993. The molecule has 0 unspecified atom stereocenters. The summed E-state index contributed by atoms with van der Waals surface area (Å²) in [7, 11) is -3.21. The van der Waals surface area contributed by atoms with Gasteiger partial charge in [0.15, 0.2) is 15.6 Å². The van der Waals surface area contributed by atoms with E-state index in [-0.39, 0.29) is 10.7 Å². The van der Waals surface area contributed by atoms with Crippen LogP contribution in [0.2, 0.25) is 0 Å². The number of sulfone groups is 1. The predicted octanol–water partition coefficient (Wildman–Crippen LogP) is 3.14. The van der Waals surface area contributed by atoms with Crippen LogP contribution in [0.1, 0.15) is 27.0 Å². The molecule has 0 bridgehead atoms. The van der Waals surface area contributed by atoms with Crippen LogP contribution in [0.5, 0.6) is 0 Å². The average molecular weight is 308 g/mol. The molecule has 0 saturated heterocycles. The molecule has 0 aliphatic carbocycles. The Kier molecular flexibility index (Phi) is 4.40. The van der Waals surface area contributed by atoms with Crippen molar-refractivity contribution in [2.45, 2.75) is 24.7 Å². The van der Waals surface area contributed by atoms with Gasteiger partial charge >= 0.3 is 0 Å². The molecule has 3 nitrogen and oxygen atoms in total. The number of hydrogen-bond donors (Lipinski definition) is 0. The van der Waals surface area contributed by atoms with Gasteiger partial charge in [0.1, 0.15) is 0 Å². The van der Waals surface area contributed by atoms with Gasteiger partial charge in [-0.2, -0.15) is 0 Å². The maximum absolute atomic E-state index is 12.1. The third-order valence-corrected chi connectivity index (χ3v) is 5.36. The highest BCUT2D eigenvalue weighted by Gasteiger charge is 2.11. The fourth-order valence-corrected chi connectivity index (χ4v) is 3.44. The molecule has 0 radical (unpaired) electrons. The van der Waals surface area contributed by atoms with Crippen LogP contribution >= 0.6 is 11.3 Å². The van der Waals surface area contributed by atoms with E-state index in [2.05, 4.69) is 6.92 Å². The minimum atomic E-state index is -3.21. The van der Waals surface area contributed by atoms with Crippen LogP contribution in [-0.2, 0) is 22.7 Å². The van der Waals surface area contributed by atoms with Crippen LogP contribution < -0.4 is 0 Å². The van der Waals surface area contributed by atoms with E-state index in [0.717, 1.165) is 17.6 Å². The van der Waals surface area contributed by atoms with Crippen molar-refractivity contribution >= 4 is 27.0 Å². The molecule has 0 atom stereocenters. The summed E-state index contributed by atoms with van der Waals surface area (Å²) in [5, 5.41) is 0. The summed E-state index contributed by atoms with van der Waals surface area (Å²) in [4.78, 5) is 14.7. The Morgan fingerprint density at radius 1 is 1.05 bits per heavy atom. The molecule has 0 fully saturated rings. The maximum atomic E-state index is 12.1. The first-order valence-electron chi connectivity index (χ1n) is 6.31. The van der Waals surface area contributed by atoms with Gasteiger partial charge in [0.25, 0.3) is 0 Å². The van der Waals surface area contributed by atoms with Gasteiger partial charge in [0.05, 0.1) is 4.90 Å². The molecule has 0 amide bonds. The van der Waals surface area contributed by atoms with Gasteiger partial charge in [-0.05, 0) is 30.7 Å². The standard InChI is InChI=1S/C15H16O3S2/c1-3-12-6-7-13(19-12)10-15(16)11-4-8-14(9-5-11)20(2,17)18/h4-9H,3,10H2,1-2H3. The minimum absolute atomic E-state index is 0.00885. The average Bonchev–Trinajstić information content (AvgIpc) is 2.85. The zero-order chi connectivity index (χ0) is 14.8. The van der Waals surface area contributed by atoms with Gasteiger partial charge in [-0.25, -0.2) is 8.42 Å². The predicted molar refractivity (Wildman–Crippen MR) is 81.3 cm³/mol. The monoisotopic (exact) mass is 308 g/mol. The Morgan fingerprint density at radius 2 is 1.65 bits per heavy atom. The maximum Gasteiger partial charge on any atom is 0.175 e. The van der Waals surface area contributed by atoms with E-state index in [1.807, 2.05) is 12.1 Å². The summed E-state index contributed by atoms with van der Waals surface area (Å²) in [5.74, 6) is 0.00885. The van der Waals surface area contributed by atoms with Crippen LogP contribution in [0.25, 0.3) is 0 Å². The largest absolute Gasteiger partial charge is 0.294 e. The first-order valence-corrected chi connectivity index (χ1v) is 9.02. The molecule has 0 aliphatic heterocycles. The topological polar surface area (TPSA) is 51.2 Å². The van der Waals surface area contributed by atoms with Gasteiger partial charge in [0.2, 0.25) is 0 Å². The summed E-state index contributed by atoms with van der Waals surface area (Å²) in [6, 6.07) is 10.1. The Morgan fingerprint density at radius 3 is 2.15 bits per heavy atom. The lowest BCUT2D eigenvalue weighted by Gasteiger charge is -2.01. The molecule has 1 aromatic carbocycles. The fraction of sp³-hybridized carbons (Fsp3) is 0.267. The van der Waals surface area contributed by atoms with Crippen LogP contribution in [0.4, 0.5) is 0 Å². The quantitative estimate of drug-likeness (QED) is 0.797. The smallest absolute Gasteiger partial charge is 0.175 e. The number of rotatable bonds is 5. The lowest BCUT2D eigenvalue weighted by Crippen LogP contribution is -2.03. The molecule has 20 heavy (non-hydrogen) atoms. The van der Waals surface area contributed by atoms with Crippen molar-refractivity contribution in [1.29, 1.82) is 0 Å². The van der Waals surface area contributed by atoms with E-state index in [0.29, 0.717) is 12.0 Å². The summed E-state index contributed by atoms with van der Waals surface area (Å²) >= 11 is 1.65. The number of Topliss-reactive ketones (excluding diaryl/α,β-unsaturated/α-hetero) is 1. The molecular weight excluding hydrogens is 292 g/mol. The highest BCUT2D eigenvalue weighted by atomic mass is 32.2. The second-order valence-corrected chi connectivity index (χ2v) is 7.89. The number of ketones is 1. The van der Waals surface area contributed by atoms with Crippen LogP contribution in [0.15, 0.2) is 41.3 Å². The van der Waals surface area contributed by atoms with Crippen LogP contribution in [0.3, 0.4) is 0 Å². The van der Waals surface area contributed by atoms with E-state index in [1.54, 1.807) is 23.5 Å². The summed E-state index contributed by atoms with van der Waals surface area (Å²) in [6.07, 6.45) is 2.49. The van der Waals surface area contributed by atoms with Gasteiger partial charge < -0.3 is 0 Å². The Hall–Kier alpha value is -1.46. The number of carbonyl (C=O) groups excluding carboxylic acids is 1. The molecule has 0 N–H and O–H groups in total. The minimum Gasteiger partial charge on any atom is -0.294 e. The molecule has 106 valence electrons. The summed E-state index contributed by atoms with van der Waals surface area (Å²) in [6.45, 7) is 2.08. The van der Waals surface area contributed by atoms with E-state index in [4.69, 9.17) is 0 Å². The van der Waals surface area contributed by atoms with Crippen molar-refractivity contribution in [3.8, 4) is 0 Å². The fourth-order valence-electron chi connectivity index (χ4n) is 1.86. The van der Waals surface area contributed by atoms with Crippen LogP contribution in [-0.4, -0.2) is 20.5 Å². The SMILES string of the molecule is CCc1ccc(CC(=O)c2ccc(S(C)(=O)=O)cc2)s1. The Balaban J connectivity index is 2.13. The van der Waals surface area contributed by atoms with Crippen molar-refractivity contribution in [3.05, 3.63) is 51.7 Å². The van der Waals surface area contributed by atoms with Gasteiger partial charge in [-0.3, -0.25) is 4.79 Å². The molecule has 2 aromatic rings. The molecule has 0 aliphatic rings. The Bertz CT molecular complexity index is 710. The molecule has 5 heteroatoms. The Labute approximate surface area is 123 Å². The second-order valence-electron chi connectivity index (χ2n) is 4.62. The van der Waals surface area contributed by atoms with Crippen molar-refractivity contribution in [1.82, 2.24) is 0 Å². The molecular formula is C15H16O3S2. The van der Waals surface area contributed by atoms with Crippen LogP contribution in [0, 0.1) is 0 Å². The number of thiophene rings is 1. The molecule has 0 spiro atoms. The molecule has 2 rings (SSSR count). The zero-order valence-corrected chi connectivity index (χ0v) is 13.1. The summed E-state index contributed by atoms with van der Waals surface area (Å²) < 4.78 is 22.7. The third-order valence-electron chi connectivity index (χ3n) is 3.01. The second kappa shape index (κ2) is 5.89.